The summed E-state index contributed by atoms with van der Waals surface area (Å²) in [6.07, 6.45) is 4.98. The number of amides is 2. The fourth-order valence-electron chi connectivity index (χ4n) is 4.94. The van der Waals surface area contributed by atoms with E-state index in [2.05, 4.69) is 21.2 Å². The van der Waals surface area contributed by atoms with E-state index in [-0.39, 0.29) is 23.4 Å². The van der Waals surface area contributed by atoms with Gasteiger partial charge in [0.1, 0.15) is 18.4 Å². The number of halogens is 2. The second kappa shape index (κ2) is 13.6. The van der Waals surface area contributed by atoms with Crippen LogP contribution in [0.3, 0.4) is 0 Å². The highest BCUT2D eigenvalue weighted by molar-refractivity contribution is 9.10. The molecule has 0 radical (unpaired) electrons. The molecule has 218 valence electrons. The number of nitrogens with zero attached hydrogens (tertiary/aromatic N) is 2. The molecular weight excluding hydrogens is 609 g/mol. The molecule has 1 aliphatic carbocycles. The van der Waals surface area contributed by atoms with Crippen molar-refractivity contribution in [2.75, 3.05) is 10.8 Å². The highest BCUT2D eigenvalue weighted by Gasteiger charge is 2.33. The van der Waals surface area contributed by atoms with Crippen LogP contribution >= 0.6 is 15.9 Å². The van der Waals surface area contributed by atoms with Crippen LogP contribution in [-0.2, 0) is 26.2 Å². The van der Waals surface area contributed by atoms with Crippen LogP contribution in [0.15, 0.2) is 82.2 Å². The van der Waals surface area contributed by atoms with Gasteiger partial charge in [-0.2, -0.15) is 0 Å². The van der Waals surface area contributed by atoms with Gasteiger partial charge in [0.2, 0.25) is 11.8 Å². The van der Waals surface area contributed by atoms with E-state index in [4.69, 9.17) is 0 Å². The Morgan fingerprint density at radius 3 is 2.29 bits per heavy atom. The van der Waals surface area contributed by atoms with Crippen molar-refractivity contribution in [2.45, 2.75) is 69.5 Å². The van der Waals surface area contributed by atoms with Crippen molar-refractivity contribution >= 4 is 43.5 Å². The third-order valence-corrected chi connectivity index (χ3v) is 9.65. The number of carbonyl (C=O) groups is 2. The maximum absolute atomic E-state index is 14.0. The Morgan fingerprint density at radius 1 is 1.00 bits per heavy atom. The number of carbonyl (C=O) groups excluding carboxylic acids is 2. The molecule has 0 heterocycles. The predicted molar refractivity (Wildman–Crippen MR) is 161 cm³/mol. The molecule has 3 aromatic carbocycles. The zero-order valence-corrected chi connectivity index (χ0v) is 25.6. The van der Waals surface area contributed by atoms with Crippen LogP contribution in [0.4, 0.5) is 10.1 Å². The summed E-state index contributed by atoms with van der Waals surface area (Å²) in [6, 6.07) is 18.0. The minimum absolute atomic E-state index is 0.00920. The Morgan fingerprint density at radius 2 is 1.66 bits per heavy atom. The van der Waals surface area contributed by atoms with Crippen LogP contribution in [0, 0.1) is 12.7 Å². The lowest BCUT2D eigenvalue weighted by atomic mass is 9.95. The van der Waals surface area contributed by atoms with E-state index >= 15 is 0 Å². The first kappa shape index (κ1) is 30.7. The smallest absolute Gasteiger partial charge is 0.264 e. The summed E-state index contributed by atoms with van der Waals surface area (Å²) in [4.78, 5) is 28.8. The number of anilines is 1. The first-order chi connectivity index (χ1) is 19.5. The molecule has 4 rings (SSSR count). The van der Waals surface area contributed by atoms with Gasteiger partial charge < -0.3 is 10.2 Å². The summed E-state index contributed by atoms with van der Waals surface area (Å²) >= 11 is 3.40. The summed E-state index contributed by atoms with van der Waals surface area (Å²) in [6.45, 7) is 2.97. The lowest BCUT2D eigenvalue weighted by Crippen LogP contribution is -2.53. The Balaban J connectivity index is 1.67. The maximum atomic E-state index is 14.0. The van der Waals surface area contributed by atoms with E-state index in [1.54, 1.807) is 55.5 Å². The van der Waals surface area contributed by atoms with Crippen molar-refractivity contribution in [1.29, 1.82) is 0 Å². The quantitative estimate of drug-likeness (QED) is 0.295. The Labute approximate surface area is 249 Å². The molecule has 1 fully saturated rings. The minimum Gasteiger partial charge on any atom is -0.352 e. The van der Waals surface area contributed by atoms with Gasteiger partial charge in [0, 0.05) is 17.1 Å². The number of rotatable bonds is 10. The zero-order chi connectivity index (χ0) is 29.6. The lowest BCUT2D eigenvalue weighted by molar-refractivity contribution is -0.139. The number of aryl methyl sites for hydroxylation is 1. The van der Waals surface area contributed by atoms with Crippen molar-refractivity contribution < 1.29 is 22.4 Å². The number of benzene rings is 3. The molecule has 1 N–H and O–H groups in total. The molecular formula is C31H35BrFN3O4S. The SMILES string of the molecule is Cc1ccc(S(=O)(=O)N(CC(=O)N(Cc2ccc(F)cc2)[C@H](C)C(=O)NC2CCCCC2)c2cccc(Br)c2)cc1. The van der Waals surface area contributed by atoms with Crippen LogP contribution in [0.2, 0.25) is 0 Å². The summed E-state index contributed by atoms with van der Waals surface area (Å²) in [5, 5.41) is 3.07. The maximum Gasteiger partial charge on any atom is 0.264 e. The molecule has 1 atom stereocenters. The summed E-state index contributed by atoms with van der Waals surface area (Å²) < 4.78 is 43.1. The van der Waals surface area contributed by atoms with E-state index in [0.29, 0.717) is 15.7 Å². The van der Waals surface area contributed by atoms with Gasteiger partial charge in [-0.15, -0.1) is 0 Å². The van der Waals surface area contributed by atoms with Crippen LogP contribution in [-0.4, -0.2) is 43.8 Å². The first-order valence-corrected chi connectivity index (χ1v) is 16.0. The van der Waals surface area contributed by atoms with Gasteiger partial charge in [-0.25, -0.2) is 12.8 Å². The fourth-order valence-corrected chi connectivity index (χ4v) is 6.73. The third kappa shape index (κ3) is 7.95. The predicted octanol–water partition coefficient (Wildman–Crippen LogP) is 5.96. The number of sulfonamides is 1. The van der Waals surface area contributed by atoms with Crippen LogP contribution in [0.1, 0.15) is 50.2 Å². The number of hydrogen-bond donors (Lipinski definition) is 1. The van der Waals surface area contributed by atoms with E-state index in [1.165, 1.54) is 29.2 Å². The summed E-state index contributed by atoms with van der Waals surface area (Å²) in [5.41, 5.74) is 1.82. The second-order valence-corrected chi connectivity index (χ2v) is 13.3. The third-order valence-electron chi connectivity index (χ3n) is 7.37. The van der Waals surface area contributed by atoms with Gasteiger partial charge in [-0.3, -0.25) is 13.9 Å². The van der Waals surface area contributed by atoms with Crippen molar-refractivity contribution in [3.63, 3.8) is 0 Å². The molecule has 0 saturated heterocycles. The van der Waals surface area contributed by atoms with Gasteiger partial charge in [-0.1, -0.05) is 71.1 Å². The molecule has 0 bridgehead atoms. The average molecular weight is 645 g/mol. The molecule has 1 aliphatic rings. The highest BCUT2D eigenvalue weighted by Crippen LogP contribution is 2.27. The van der Waals surface area contributed by atoms with Crippen LogP contribution in [0.5, 0.6) is 0 Å². The summed E-state index contributed by atoms with van der Waals surface area (Å²) in [7, 11) is -4.15. The van der Waals surface area contributed by atoms with Crippen molar-refractivity contribution in [3.8, 4) is 0 Å². The first-order valence-electron chi connectivity index (χ1n) is 13.7. The molecule has 1 saturated carbocycles. The zero-order valence-electron chi connectivity index (χ0n) is 23.2. The number of nitrogens with one attached hydrogen (secondary N) is 1. The molecule has 0 unspecified atom stereocenters. The van der Waals surface area contributed by atoms with Crippen molar-refractivity contribution in [1.82, 2.24) is 10.2 Å². The molecule has 7 nitrogen and oxygen atoms in total. The van der Waals surface area contributed by atoms with E-state index in [0.717, 1.165) is 42.0 Å². The van der Waals surface area contributed by atoms with E-state index in [9.17, 15) is 22.4 Å². The molecule has 0 aromatic heterocycles. The molecule has 41 heavy (non-hydrogen) atoms. The largest absolute Gasteiger partial charge is 0.352 e. The van der Waals surface area contributed by atoms with Crippen LogP contribution in [0.25, 0.3) is 0 Å². The molecule has 2 amide bonds. The minimum atomic E-state index is -4.15. The molecule has 0 spiro atoms. The molecule has 0 aliphatic heterocycles. The van der Waals surface area contributed by atoms with Crippen LogP contribution < -0.4 is 9.62 Å². The molecule has 10 heteroatoms. The monoisotopic (exact) mass is 643 g/mol. The van der Waals surface area contributed by atoms with E-state index in [1.807, 2.05) is 6.92 Å². The standard InChI is InChI=1S/C31H35BrFN3O4S/c1-22-11-17-29(18-12-22)41(39,40)36(28-10-6-7-25(32)19-28)21-30(37)35(20-24-13-15-26(33)16-14-24)23(2)31(38)34-27-8-4-3-5-9-27/h6-7,10-19,23,27H,3-5,8-9,20-21H2,1-2H3,(H,34,38)/t23-/m1/s1. The topological polar surface area (TPSA) is 86.8 Å². The van der Waals surface area contributed by atoms with Crippen molar-refractivity contribution in [3.05, 3.63) is 94.2 Å². The number of hydrogen-bond acceptors (Lipinski definition) is 4. The Kier molecular flexibility index (Phi) is 10.2. The van der Waals surface area contributed by atoms with Crippen molar-refractivity contribution in [2.24, 2.45) is 0 Å². The Bertz CT molecular complexity index is 1460. The van der Waals surface area contributed by atoms with Gasteiger partial charge in [0.15, 0.2) is 0 Å². The second-order valence-electron chi connectivity index (χ2n) is 10.5. The van der Waals surface area contributed by atoms with Gasteiger partial charge in [0.05, 0.1) is 10.6 Å². The fraction of sp³-hybridized carbons (Fsp3) is 0.355. The summed E-state index contributed by atoms with van der Waals surface area (Å²) in [5.74, 6) is -1.28. The average Bonchev–Trinajstić information content (AvgIpc) is 2.95. The van der Waals surface area contributed by atoms with Gasteiger partial charge >= 0.3 is 0 Å². The van der Waals surface area contributed by atoms with Gasteiger partial charge in [-0.05, 0) is 74.7 Å². The Hall–Kier alpha value is -3.24. The van der Waals surface area contributed by atoms with Gasteiger partial charge in [0.25, 0.3) is 10.0 Å². The highest BCUT2D eigenvalue weighted by atomic mass is 79.9. The normalized spacial score (nSPS) is 14.7. The lowest BCUT2D eigenvalue weighted by Gasteiger charge is -2.33. The molecule has 3 aromatic rings. The van der Waals surface area contributed by atoms with E-state index < -0.39 is 34.3 Å².